The van der Waals surface area contributed by atoms with Crippen molar-refractivity contribution >= 4 is 18.0 Å². The Morgan fingerprint density at radius 1 is 1.31 bits per heavy atom. The first-order chi connectivity index (χ1) is 7.31. The van der Waals surface area contributed by atoms with Crippen molar-refractivity contribution in [3.8, 4) is 0 Å². The van der Waals surface area contributed by atoms with Crippen molar-refractivity contribution in [3.63, 3.8) is 0 Å². The summed E-state index contributed by atoms with van der Waals surface area (Å²) in [5.41, 5.74) is 10.8. The largest absolute Gasteiger partial charge is 0.480 e. The predicted molar refractivity (Wildman–Crippen MR) is 57.6 cm³/mol. The zero-order chi connectivity index (χ0) is 12.9. The molecule has 0 radical (unpaired) electrons. The first-order valence-electron chi connectivity index (χ1n) is 5.04. The van der Waals surface area contributed by atoms with E-state index in [9.17, 15) is 14.4 Å². The molecule has 0 heterocycles. The first kappa shape index (κ1) is 14.7. The lowest BCUT2D eigenvalue weighted by molar-refractivity contribution is -0.144. The Kier molecular flexibility index (Phi) is 5.84. The van der Waals surface area contributed by atoms with Crippen LogP contribution < -0.4 is 11.5 Å². The Labute approximate surface area is 94.0 Å². The lowest BCUT2D eigenvalue weighted by atomic mass is 9.89. The zero-order valence-electron chi connectivity index (χ0n) is 9.42. The van der Waals surface area contributed by atoms with Crippen molar-refractivity contribution in [2.24, 2.45) is 23.3 Å². The van der Waals surface area contributed by atoms with Crippen LogP contribution in [-0.2, 0) is 14.4 Å². The number of Topliss-reactive ketones (excluding diaryl/α,β-unsaturated/α-hetero) is 1. The molecule has 1 unspecified atom stereocenters. The minimum absolute atomic E-state index is 0.187. The number of aliphatic carboxylic acids is 1. The third-order valence-electron chi connectivity index (χ3n) is 2.24. The van der Waals surface area contributed by atoms with Gasteiger partial charge in [-0.2, -0.15) is 0 Å². The van der Waals surface area contributed by atoms with Crippen LogP contribution in [0.4, 0.5) is 0 Å². The van der Waals surface area contributed by atoms with E-state index < -0.39 is 29.8 Å². The van der Waals surface area contributed by atoms with Gasteiger partial charge in [0.1, 0.15) is 18.2 Å². The molecule has 0 saturated carbocycles. The highest BCUT2D eigenvalue weighted by molar-refractivity contribution is 6.01. The standard InChI is InChI=1S/C10H18N2O4/c1-5(2)3-7(11)9(14)6(4-13)8(12)10(15)16/h4-8H,3,11-12H2,1-2H3,(H,15,16)/t6-,7+,8?/m1/s1. The highest BCUT2D eigenvalue weighted by atomic mass is 16.4. The third kappa shape index (κ3) is 4.08. The molecule has 92 valence electrons. The molecule has 0 spiro atoms. The zero-order valence-corrected chi connectivity index (χ0v) is 9.42. The lowest BCUT2D eigenvalue weighted by Crippen LogP contribution is -2.48. The van der Waals surface area contributed by atoms with E-state index >= 15 is 0 Å². The van der Waals surface area contributed by atoms with E-state index in [1.165, 1.54) is 0 Å². The SMILES string of the molecule is CC(C)C[C@H](N)C(=O)[C@H](C=O)C(N)C(=O)O. The van der Waals surface area contributed by atoms with Crippen LogP contribution in [0.3, 0.4) is 0 Å². The van der Waals surface area contributed by atoms with Crippen molar-refractivity contribution in [3.05, 3.63) is 0 Å². The predicted octanol–water partition coefficient (Wildman–Crippen LogP) is -0.844. The molecule has 6 nitrogen and oxygen atoms in total. The molecular formula is C10H18N2O4. The van der Waals surface area contributed by atoms with Crippen molar-refractivity contribution in [2.75, 3.05) is 0 Å². The number of nitrogens with two attached hydrogens (primary N) is 2. The first-order valence-corrected chi connectivity index (χ1v) is 5.04. The number of hydrogen-bond acceptors (Lipinski definition) is 5. The van der Waals surface area contributed by atoms with Gasteiger partial charge in [-0.05, 0) is 12.3 Å². The smallest absolute Gasteiger partial charge is 0.321 e. The molecule has 0 aliphatic heterocycles. The third-order valence-corrected chi connectivity index (χ3v) is 2.24. The maximum atomic E-state index is 11.7. The summed E-state index contributed by atoms with van der Waals surface area (Å²) in [6.45, 7) is 3.75. The number of carboxylic acids is 1. The second-order valence-electron chi connectivity index (χ2n) is 4.16. The Bertz CT molecular complexity index is 278. The van der Waals surface area contributed by atoms with E-state index in [1.807, 2.05) is 13.8 Å². The van der Waals surface area contributed by atoms with Gasteiger partial charge >= 0.3 is 5.97 Å². The number of carboxylic acid groups (broad SMARTS) is 1. The van der Waals surface area contributed by atoms with E-state index in [0.717, 1.165) is 0 Å². The van der Waals surface area contributed by atoms with Gasteiger partial charge in [0.15, 0.2) is 5.78 Å². The van der Waals surface area contributed by atoms with Crippen molar-refractivity contribution < 1.29 is 19.5 Å². The summed E-state index contributed by atoms with van der Waals surface area (Å²) in [5, 5.41) is 8.62. The van der Waals surface area contributed by atoms with Gasteiger partial charge in [0.2, 0.25) is 0 Å². The summed E-state index contributed by atoms with van der Waals surface area (Å²) < 4.78 is 0. The number of hydrogen-bond donors (Lipinski definition) is 3. The monoisotopic (exact) mass is 230 g/mol. The van der Waals surface area contributed by atoms with Gasteiger partial charge in [-0.25, -0.2) is 0 Å². The fourth-order valence-electron chi connectivity index (χ4n) is 1.35. The van der Waals surface area contributed by atoms with Crippen LogP contribution in [0.2, 0.25) is 0 Å². The van der Waals surface area contributed by atoms with E-state index in [-0.39, 0.29) is 12.2 Å². The average molecular weight is 230 g/mol. The highest BCUT2D eigenvalue weighted by Gasteiger charge is 2.33. The average Bonchev–Trinajstić information content (AvgIpc) is 2.17. The van der Waals surface area contributed by atoms with Crippen molar-refractivity contribution in [1.29, 1.82) is 0 Å². The second-order valence-corrected chi connectivity index (χ2v) is 4.16. The molecule has 0 aliphatic rings. The molecule has 0 bridgehead atoms. The minimum atomic E-state index is -1.52. The maximum absolute atomic E-state index is 11.7. The van der Waals surface area contributed by atoms with Gasteiger partial charge in [-0.15, -0.1) is 0 Å². The molecule has 0 aromatic heterocycles. The number of carbonyl (C=O) groups is 3. The van der Waals surface area contributed by atoms with Crippen LogP contribution in [0.15, 0.2) is 0 Å². The summed E-state index contributed by atoms with van der Waals surface area (Å²) in [6.07, 6.45) is 0.650. The fraction of sp³-hybridized carbons (Fsp3) is 0.700. The molecule has 0 rings (SSSR count). The number of rotatable bonds is 7. The van der Waals surface area contributed by atoms with Gasteiger partial charge in [-0.1, -0.05) is 13.8 Å². The van der Waals surface area contributed by atoms with E-state index in [4.69, 9.17) is 16.6 Å². The van der Waals surface area contributed by atoms with Gasteiger partial charge in [0.25, 0.3) is 0 Å². The summed E-state index contributed by atoms with van der Waals surface area (Å²) in [5.74, 6) is -3.18. The van der Waals surface area contributed by atoms with Crippen LogP contribution in [0.1, 0.15) is 20.3 Å². The normalized spacial score (nSPS) is 16.6. The molecule has 0 saturated heterocycles. The van der Waals surface area contributed by atoms with Crippen LogP contribution in [0, 0.1) is 11.8 Å². The van der Waals surface area contributed by atoms with Gasteiger partial charge < -0.3 is 21.4 Å². The molecule has 0 fully saturated rings. The summed E-state index contributed by atoms with van der Waals surface area (Å²) in [6, 6.07) is -2.37. The molecule has 5 N–H and O–H groups in total. The van der Waals surface area contributed by atoms with Crippen LogP contribution in [0.5, 0.6) is 0 Å². The Hall–Kier alpha value is -1.27. The fourth-order valence-corrected chi connectivity index (χ4v) is 1.35. The molecule has 16 heavy (non-hydrogen) atoms. The summed E-state index contributed by atoms with van der Waals surface area (Å²) in [7, 11) is 0. The van der Waals surface area contributed by atoms with Gasteiger partial charge in [-0.3, -0.25) is 9.59 Å². The molecule has 0 aromatic rings. The van der Waals surface area contributed by atoms with Crippen molar-refractivity contribution in [1.82, 2.24) is 0 Å². The Balaban J connectivity index is 4.65. The summed E-state index contributed by atoms with van der Waals surface area (Å²) in [4.78, 5) is 32.9. The minimum Gasteiger partial charge on any atom is -0.480 e. The molecule has 3 atom stereocenters. The topological polar surface area (TPSA) is 123 Å². The molecular weight excluding hydrogens is 212 g/mol. The quantitative estimate of drug-likeness (QED) is 0.387. The maximum Gasteiger partial charge on any atom is 0.321 e. The molecule has 0 aliphatic carbocycles. The van der Waals surface area contributed by atoms with E-state index in [0.29, 0.717) is 6.42 Å². The van der Waals surface area contributed by atoms with E-state index in [1.54, 1.807) is 0 Å². The lowest BCUT2D eigenvalue weighted by Gasteiger charge is -2.19. The number of ketones is 1. The van der Waals surface area contributed by atoms with Gasteiger partial charge in [0.05, 0.1) is 6.04 Å². The molecule has 0 aromatic carbocycles. The number of carbonyl (C=O) groups excluding carboxylic acids is 2. The number of aldehydes is 1. The van der Waals surface area contributed by atoms with Crippen LogP contribution in [-0.4, -0.2) is 35.2 Å². The second kappa shape index (κ2) is 6.34. The van der Waals surface area contributed by atoms with Gasteiger partial charge in [0, 0.05) is 0 Å². The Morgan fingerprint density at radius 2 is 1.81 bits per heavy atom. The van der Waals surface area contributed by atoms with Crippen LogP contribution in [0.25, 0.3) is 0 Å². The summed E-state index contributed by atoms with van der Waals surface area (Å²) >= 11 is 0. The molecule has 6 heteroatoms. The molecule has 0 amide bonds. The Morgan fingerprint density at radius 3 is 2.12 bits per heavy atom. The van der Waals surface area contributed by atoms with Crippen LogP contribution >= 0.6 is 0 Å². The van der Waals surface area contributed by atoms with E-state index in [2.05, 4.69) is 0 Å². The highest BCUT2D eigenvalue weighted by Crippen LogP contribution is 2.10. The van der Waals surface area contributed by atoms with Crippen molar-refractivity contribution in [2.45, 2.75) is 32.4 Å².